The monoisotopic (exact) mass is 245 g/mol. The maximum atomic E-state index is 11.6. The van der Waals surface area contributed by atoms with Crippen molar-refractivity contribution in [2.75, 3.05) is 13.1 Å². The minimum Gasteiger partial charge on any atom is -0.314 e. The average Bonchev–Trinajstić information content (AvgIpc) is 2.71. The lowest BCUT2D eigenvalue weighted by Crippen LogP contribution is -2.36. The van der Waals surface area contributed by atoms with E-state index in [9.17, 15) is 8.42 Å². The van der Waals surface area contributed by atoms with E-state index in [2.05, 4.69) is 10.0 Å². The molecule has 0 aromatic heterocycles. The summed E-state index contributed by atoms with van der Waals surface area (Å²) in [7, 11) is -3.45. The maximum absolute atomic E-state index is 11.6. The minimum atomic E-state index is -3.45. The molecule has 16 heavy (non-hydrogen) atoms. The third kappa shape index (κ3) is 3.74. The summed E-state index contributed by atoms with van der Waals surface area (Å²) in [5, 5.41) is 11.1. The van der Waals surface area contributed by atoms with Crippen LogP contribution in [0.4, 0.5) is 0 Å². The summed E-state index contributed by atoms with van der Waals surface area (Å²) < 4.78 is 25.7. The van der Waals surface area contributed by atoms with E-state index in [-0.39, 0.29) is 0 Å². The number of nitriles is 1. The molecule has 1 unspecified atom stereocenters. The zero-order valence-corrected chi connectivity index (χ0v) is 10.4. The van der Waals surface area contributed by atoms with Gasteiger partial charge in [-0.1, -0.05) is 6.92 Å². The van der Waals surface area contributed by atoms with Crippen LogP contribution in [-0.4, -0.2) is 32.8 Å². The summed E-state index contributed by atoms with van der Waals surface area (Å²) >= 11 is 0. The highest BCUT2D eigenvalue weighted by atomic mass is 32.2. The molecule has 5 nitrogen and oxygen atoms in total. The molecule has 0 amide bonds. The first-order chi connectivity index (χ1) is 7.60. The molecule has 0 aromatic rings. The molecule has 1 aliphatic heterocycles. The predicted octanol–water partition coefficient (Wildman–Crippen LogP) is 0.350. The molecule has 6 heteroatoms. The number of hydrogen-bond acceptors (Lipinski definition) is 4. The third-order valence-electron chi connectivity index (χ3n) is 2.85. The second-order valence-electron chi connectivity index (χ2n) is 4.05. The first-order valence-corrected chi connectivity index (χ1v) is 7.26. The molecule has 1 saturated heterocycles. The molecule has 2 atom stereocenters. The molecule has 1 heterocycles. The number of nitrogens with zero attached hydrogens (tertiary/aromatic N) is 1. The smallest absolute Gasteiger partial charge is 0.227 e. The number of rotatable bonds is 6. The van der Waals surface area contributed by atoms with Gasteiger partial charge in [-0.15, -0.1) is 0 Å². The van der Waals surface area contributed by atoms with Gasteiger partial charge < -0.3 is 5.32 Å². The Kier molecular flexibility index (Phi) is 5.19. The van der Waals surface area contributed by atoms with Gasteiger partial charge in [0.15, 0.2) is 5.25 Å². The van der Waals surface area contributed by atoms with E-state index in [1.807, 2.05) is 0 Å². The van der Waals surface area contributed by atoms with E-state index in [4.69, 9.17) is 5.26 Å². The van der Waals surface area contributed by atoms with Crippen molar-refractivity contribution in [3.8, 4) is 6.07 Å². The summed E-state index contributed by atoms with van der Waals surface area (Å²) in [5.74, 6) is 0. The van der Waals surface area contributed by atoms with Crippen molar-refractivity contribution >= 4 is 10.0 Å². The van der Waals surface area contributed by atoms with Gasteiger partial charge in [0.05, 0.1) is 6.07 Å². The van der Waals surface area contributed by atoms with Gasteiger partial charge in [-0.25, -0.2) is 13.1 Å². The Hall–Kier alpha value is -0.640. The molecular weight excluding hydrogens is 226 g/mol. The van der Waals surface area contributed by atoms with Crippen LogP contribution >= 0.6 is 0 Å². The fraction of sp³-hybridized carbons (Fsp3) is 0.900. The molecule has 0 aromatic carbocycles. The Morgan fingerprint density at radius 3 is 2.88 bits per heavy atom. The Bertz CT molecular complexity index is 342. The Morgan fingerprint density at radius 1 is 1.62 bits per heavy atom. The van der Waals surface area contributed by atoms with E-state index in [1.54, 1.807) is 13.0 Å². The molecule has 0 spiro atoms. The van der Waals surface area contributed by atoms with E-state index in [0.29, 0.717) is 19.0 Å². The average molecular weight is 245 g/mol. The molecule has 92 valence electrons. The Labute approximate surface area is 97.3 Å². The Balaban J connectivity index is 2.33. The van der Waals surface area contributed by atoms with Gasteiger partial charge in [0, 0.05) is 12.6 Å². The van der Waals surface area contributed by atoms with Crippen LogP contribution in [0.5, 0.6) is 0 Å². The standard InChI is InChI=1S/C10H19N3O2S/c1-2-10(8-11)16(14,15)13-7-5-9-4-3-6-12-9/h9-10,12-13H,2-7H2,1H3/t9-,10?/m0/s1. The van der Waals surface area contributed by atoms with Crippen molar-refractivity contribution < 1.29 is 8.42 Å². The van der Waals surface area contributed by atoms with Crippen LogP contribution in [0, 0.1) is 11.3 Å². The lowest BCUT2D eigenvalue weighted by atomic mass is 10.2. The number of hydrogen-bond donors (Lipinski definition) is 2. The van der Waals surface area contributed by atoms with Crippen LogP contribution in [0.15, 0.2) is 0 Å². The van der Waals surface area contributed by atoms with Crippen molar-refractivity contribution in [1.29, 1.82) is 5.26 Å². The second-order valence-corrected chi connectivity index (χ2v) is 6.00. The molecule has 0 aliphatic carbocycles. The largest absolute Gasteiger partial charge is 0.314 e. The summed E-state index contributed by atoms with van der Waals surface area (Å²) in [6, 6.07) is 2.23. The van der Waals surface area contributed by atoms with E-state index < -0.39 is 15.3 Å². The fourth-order valence-electron chi connectivity index (χ4n) is 1.86. The molecule has 1 fully saturated rings. The fourth-order valence-corrected chi connectivity index (χ4v) is 3.04. The van der Waals surface area contributed by atoms with Crippen LogP contribution in [0.1, 0.15) is 32.6 Å². The van der Waals surface area contributed by atoms with E-state index in [1.165, 1.54) is 0 Å². The normalized spacial score (nSPS) is 22.9. The summed E-state index contributed by atoms with van der Waals surface area (Å²) in [5.41, 5.74) is 0. The highest BCUT2D eigenvalue weighted by Crippen LogP contribution is 2.08. The van der Waals surface area contributed by atoms with Gasteiger partial charge in [0.2, 0.25) is 10.0 Å². The van der Waals surface area contributed by atoms with Gasteiger partial charge in [-0.2, -0.15) is 5.26 Å². The third-order valence-corrected chi connectivity index (χ3v) is 4.64. The van der Waals surface area contributed by atoms with Gasteiger partial charge in [-0.05, 0) is 32.2 Å². The topological polar surface area (TPSA) is 82.0 Å². The highest BCUT2D eigenvalue weighted by molar-refractivity contribution is 7.90. The Morgan fingerprint density at radius 2 is 2.38 bits per heavy atom. The van der Waals surface area contributed by atoms with Crippen LogP contribution in [0.3, 0.4) is 0 Å². The quantitative estimate of drug-likeness (QED) is 0.707. The van der Waals surface area contributed by atoms with Gasteiger partial charge in [0.25, 0.3) is 0 Å². The van der Waals surface area contributed by atoms with Crippen LogP contribution in [0.2, 0.25) is 0 Å². The molecule has 2 N–H and O–H groups in total. The van der Waals surface area contributed by atoms with Crippen molar-refractivity contribution in [2.24, 2.45) is 0 Å². The predicted molar refractivity (Wildman–Crippen MR) is 62.3 cm³/mol. The molecule has 1 rings (SSSR count). The molecule has 1 aliphatic rings. The van der Waals surface area contributed by atoms with Crippen LogP contribution in [0.25, 0.3) is 0 Å². The van der Waals surface area contributed by atoms with Crippen molar-refractivity contribution in [3.63, 3.8) is 0 Å². The number of nitrogens with one attached hydrogen (secondary N) is 2. The van der Waals surface area contributed by atoms with E-state index >= 15 is 0 Å². The highest BCUT2D eigenvalue weighted by Gasteiger charge is 2.23. The van der Waals surface area contributed by atoms with Gasteiger partial charge in [0.1, 0.15) is 0 Å². The summed E-state index contributed by atoms with van der Waals surface area (Å²) in [6.07, 6.45) is 3.39. The first kappa shape index (κ1) is 13.4. The molecular formula is C10H19N3O2S. The molecule has 0 saturated carbocycles. The second kappa shape index (κ2) is 6.18. The lowest BCUT2D eigenvalue weighted by molar-refractivity contribution is 0.536. The van der Waals surface area contributed by atoms with Crippen LogP contribution < -0.4 is 10.0 Å². The summed E-state index contributed by atoms with van der Waals surface area (Å²) in [4.78, 5) is 0. The van der Waals surface area contributed by atoms with Crippen LogP contribution in [-0.2, 0) is 10.0 Å². The van der Waals surface area contributed by atoms with Crippen molar-refractivity contribution in [1.82, 2.24) is 10.0 Å². The number of sulfonamides is 1. The lowest BCUT2D eigenvalue weighted by Gasteiger charge is -2.12. The van der Waals surface area contributed by atoms with Crippen molar-refractivity contribution in [2.45, 2.75) is 43.9 Å². The SMILES string of the molecule is CCC(C#N)S(=O)(=O)NCC[C@@H]1CCCN1. The van der Waals surface area contributed by atoms with Gasteiger partial charge >= 0.3 is 0 Å². The van der Waals surface area contributed by atoms with Crippen molar-refractivity contribution in [3.05, 3.63) is 0 Å². The molecule has 0 bridgehead atoms. The minimum absolute atomic E-state index is 0.327. The molecule has 0 radical (unpaired) electrons. The zero-order valence-electron chi connectivity index (χ0n) is 9.57. The maximum Gasteiger partial charge on any atom is 0.227 e. The van der Waals surface area contributed by atoms with Gasteiger partial charge in [-0.3, -0.25) is 0 Å². The first-order valence-electron chi connectivity index (χ1n) is 5.71. The van der Waals surface area contributed by atoms with E-state index in [0.717, 1.165) is 25.8 Å². The zero-order chi connectivity index (χ0) is 12.0. The summed E-state index contributed by atoms with van der Waals surface area (Å²) in [6.45, 7) is 3.14.